The standard InChI is InChI=1S/C16H24FNO/c1-11(2)18-10-14-5-4-8-19-16(14)13-6-7-15(17)12(3)9-13/h6-7,9,11,14,16,18H,4-5,8,10H2,1-3H3. The summed E-state index contributed by atoms with van der Waals surface area (Å²) in [6.45, 7) is 7.88. The highest BCUT2D eigenvalue weighted by Gasteiger charge is 2.27. The molecule has 1 fully saturated rings. The molecule has 2 rings (SSSR count). The third-order valence-electron chi connectivity index (χ3n) is 3.74. The fraction of sp³-hybridized carbons (Fsp3) is 0.625. The molecule has 1 aliphatic heterocycles. The van der Waals surface area contributed by atoms with Crippen molar-refractivity contribution in [2.24, 2.45) is 5.92 Å². The van der Waals surface area contributed by atoms with E-state index < -0.39 is 0 Å². The molecule has 19 heavy (non-hydrogen) atoms. The maximum Gasteiger partial charge on any atom is 0.126 e. The fourth-order valence-electron chi connectivity index (χ4n) is 2.65. The second-order valence-corrected chi connectivity index (χ2v) is 5.77. The Morgan fingerprint density at radius 3 is 2.89 bits per heavy atom. The van der Waals surface area contributed by atoms with Gasteiger partial charge in [-0.05, 0) is 37.0 Å². The average Bonchev–Trinajstić information content (AvgIpc) is 2.40. The van der Waals surface area contributed by atoms with E-state index in [-0.39, 0.29) is 11.9 Å². The van der Waals surface area contributed by atoms with E-state index in [2.05, 4.69) is 19.2 Å². The lowest BCUT2D eigenvalue weighted by Gasteiger charge is -2.33. The predicted octanol–water partition coefficient (Wildman–Crippen LogP) is 3.60. The number of hydrogen-bond donors (Lipinski definition) is 1. The molecule has 1 saturated heterocycles. The second kappa shape index (κ2) is 6.49. The molecule has 1 aromatic carbocycles. The highest BCUT2D eigenvalue weighted by Crippen LogP contribution is 2.33. The van der Waals surface area contributed by atoms with Gasteiger partial charge in [0.05, 0.1) is 6.10 Å². The van der Waals surface area contributed by atoms with Gasteiger partial charge < -0.3 is 10.1 Å². The molecular formula is C16H24FNO. The molecule has 2 unspecified atom stereocenters. The molecule has 2 nitrogen and oxygen atoms in total. The normalized spacial score (nSPS) is 23.8. The van der Waals surface area contributed by atoms with Crippen LogP contribution in [-0.2, 0) is 4.74 Å². The van der Waals surface area contributed by atoms with Gasteiger partial charge in [0.15, 0.2) is 0 Å². The van der Waals surface area contributed by atoms with Crippen molar-refractivity contribution in [2.75, 3.05) is 13.2 Å². The van der Waals surface area contributed by atoms with Crippen molar-refractivity contribution in [2.45, 2.75) is 45.8 Å². The molecule has 1 aliphatic rings. The quantitative estimate of drug-likeness (QED) is 0.898. The van der Waals surface area contributed by atoms with Crippen LogP contribution < -0.4 is 5.32 Å². The SMILES string of the molecule is Cc1cc(C2OCCCC2CNC(C)C)ccc1F. The third kappa shape index (κ3) is 3.77. The monoisotopic (exact) mass is 265 g/mol. The molecule has 2 atom stereocenters. The fourth-order valence-corrected chi connectivity index (χ4v) is 2.65. The van der Waals surface area contributed by atoms with Crippen molar-refractivity contribution in [3.05, 3.63) is 35.1 Å². The highest BCUT2D eigenvalue weighted by atomic mass is 19.1. The molecule has 0 radical (unpaired) electrons. The maximum absolute atomic E-state index is 13.4. The van der Waals surface area contributed by atoms with Gasteiger partial charge in [-0.3, -0.25) is 0 Å². The largest absolute Gasteiger partial charge is 0.373 e. The summed E-state index contributed by atoms with van der Waals surface area (Å²) in [6.07, 6.45) is 2.38. The van der Waals surface area contributed by atoms with Gasteiger partial charge in [-0.2, -0.15) is 0 Å². The van der Waals surface area contributed by atoms with E-state index in [0.29, 0.717) is 17.5 Å². The number of halogens is 1. The Bertz CT molecular complexity index is 419. The molecule has 0 bridgehead atoms. The summed E-state index contributed by atoms with van der Waals surface area (Å²) in [6, 6.07) is 5.82. The van der Waals surface area contributed by atoms with Crippen LogP contribution in [0.5, 0.6) is 0 Å². The van der Waals surface area contributed by atoms with Crippen LogP contribution in [0, 0.1) is 18.7 Å². The first kappa shape index (κ1) is 14.5. The Balaban J connectivity index is 2.11. The van der Waals surface area contributed by atoms with E-state index in [9.17, 15) is 4.39 Å². The zero-order valence-corrected chi connectivity index (χ0v) is 12.1. The van der Waals surface area contributed by atoms with Crippen molar-refractivity contribution in [3.63, 3.8) is 0 Å². The summed E-state index contributed by atoms with van der Waals surface area (Å²) in [5, 5.41) is 3.49. The Morgan fingerprint density at radius 2 is 2.21 bits per heavy atom. The first-order chi connectivity index (χ1) is 9.08. The minimum atomic E-state index is -0.142. The summed E-state index contributed by atoms with van der Waals surface area (Å²) in [4.78, 5) is 0. The number of ether oxygens (including phenoxy) is 1. The molecule has 0 spiro atoms. The Hall–Kier alpha value is -0.930. The Kier molecular flexibility index (Phi) is 4.94. The van der Waals surface area contributed by atoms with E-state index in [1.165, 1.54) is 6.42 Å². The van der Waals surface area contributed by atoms with Crippen LogP contribution in [0.3, 0.4) is 0 Å². The van der Waals surface area contributed by atoms with Crippen LogP contribution in [0.2, 0.25) is 0 Å². The summed E-state index contributed by atoms with van der Waals surface area (Å²) < 4.78 is 19.3. The van der Waals surface area contributed by atoms with Crippen molar-refractivity contribution in [1.29, 1.82) is 0 Å². The number of rotatable bonds is 4. The van der Waals surface area contributed by atoms with Gasteiger partial charge >= 0.3 is 0 Å². The average molecular weight is 265 g/mol. The van der Waals surface area contributed by atoms with E-state index in [1.807, 2.05) is 19.1 Å². The van der Waals surface area contributed by atoms with Gasteiger partial charge in [-0.25, -0.2) is 4.39 Å². The van der Waals surface area contributed by atoms with E-state index in [0.717, 1.165) is 25.1 Å². The van der Waals surface area contributed by atoms with Crippen molar-refractivity contribution in [3.8, 4) is 0 Å². The number of nitrogens with one attached hydrogen (secondary N) is 1. The first-order valence-electron chi connectivity index (χ1n) is 7.19. The molecule has 0 aromatic heterocycles. The van der Waals surface area contributed by atoms with Gasteiger partial charge in [0, 0.05) is 25.1 Å². The van der Waals surface area contributed by atoms with Gasteiger partial charge in [0.25, 0.3) is 0 Å². The Labute approximate surface area is 115 Å². The maximum atomic E-state index is 13.4. The minimum absolute atomic E-state index is 0.0966. The van der Waals surface area contributed by atoms with Crippen LogP contribution in [0.15, 0.2) is 18.2 Å². The topological polar surface area (TPSA) is 21.3 Å². The highest BCUT2D eigenvalue weighted by molar-refractivity contribution is 5.26. The molecule has 0 amide bonds. The van der Waals surface area contributed by atoms with E-state index in [4.69, 9.17) is 4.74 Å². The van der Waals surface area contributed by atoms with Crippen molar-refractivity contribution < 1.29 is 9.13 Å². The summed E-state index contributed by atoms with van der Waals surface area (Å²) >= 11 is 0. The van der Waals surface area contributed by atoms with E-state index in [1.54, 1.807) is 6.07 Å². The molecule has 0 aliphatic carbocycles. The Morgan fingerprint density at radius 1 is 1.42 bits per heavy atom. The molecule has 1 N–H and O–H groups in total. The van der Waals surface area contributed by atoms with Crippen LogP contribution in [0.1, 0.15) is 43.9 Å². The second-order valence-electron chi connectivity index (χ2n) is 5.77. The first-order valence-corrected chi connectivity index (χ1v) is 7.19. The molecule has 1 heterocycles. The smallest absolute Gasteiger partial charge is 0.126 e. The summed E-state index contributed by atoms with van der Waals surface area (Å²) in [5.74, 6) is 0.331. The number of hydrogen-bond acceptors (Lipinski definition) is 2. The zero-order chi connectivity index (χ0) is 13.8. The molecule has 3 heteroatoms. The lowest BCUT2D eigenvalue weighted by molar-refractivity contribution is -0.0282. The lowest BCUT2D eigenvalue weighted by Crippen LogP contribution is -2.35. The van der Waals surface area contributed by atoms with Crippen molar-refractivity contribution >= 4 is 0 Å². The number of benzene rings is 1. The van der Waals surface area contributed by atoms with Gasteiger partial charge in [-0.1, -0.05) is 26.0 Å². The van der Waals surface area contributed by atoms with Gasteiger partial charge in [0.1, 0.15) is 5.82 Å². The van der Waals surface area contributed by atoms with Crippen LogP contribution in [-0.4, -0.2) is 19.2 Å². The van der Waals surface area contributed by atoms with Gasteiger partial charge in [-0.15, -0.1) is 0 Å². The van der Waals surface area contributed by atoms with Crippen molar-refractivity contribution in [1.82, 2.24) is 5.32 Å². The van der Waals surface area contributed by atoms with Crippen LogP contribution in [0.4, 0.5) is 4.39 Å². The minimum Gasteiger partial charge on any atom is -0.373 e. The molecule has 106 valence electrons. The van der Waals surface area contributed by atoms with E-state index >= 15 is 0 Å². The van der Waals surface area contributed by atoms with Crippen LogP contribution in [0.25, 0.3) is 0 Å². The molecule has 0 saturated carbocycles. The third-order valence-corrected chi connectivity index (χ3v) is 3.74. The van der Waals surface area contributed by atoms with Gasteiger partial charge in [0.2, 0.25) is 0 Å². The predicted molar refractivity (Wildman–Crippen MR) is 75.7 cm³/mol. The lowest BCUT2D eigenvalue weighted by atomic mass is 9.88. The summed E-state index contributed by atoms with van der Waals surface area (Å²) in [7, 11) is 0. The zero-order valence-electron chi connectivity index (χ0n) is 12.1. The molecule has 1 aromatic rings. The molecular weight excluding hydrogens is 241 g/mol. The summed E-state index contributed by atoms with van der Waals surface area (Å²) in [5.41, 5.74) is 1.80. The number of aryl methyl sites for hydroxylation is 1. The van der Waals surface area contributed by atoms with Crippen LogP contribution >= 0.6 is 0 Å².